The van der Waals surface area contributed by atoms with Crippen LogP contribution in [0.5, 0.6) is 0 Å². The van der Waals surface area contributed by atoms with E-state index < -0.39 is 126 Å². The molecule has 0 bridgehead atoms. The minimum atomic E-state index is -1.93. The summed E-state index contributed by atoms with van der Waals surface area (Å²) < 4.78 is 48.4. The normalized spacial score (nSPS) is 25.1. The number of aliphatic hydroxyl groups is 3. The van der Waals surface area contributed by atoms with Crippen molar-refractivity contribution < 1.29 is 86.7 Å². The van der Waals surface area contributed by atoms with Gasteiger partial charge in [0.2, 0.25) is 0 Å². The van der Waals surface area contributed by atoms with Gasteiger partial charge in [-0.3, -0.25) is 4.79 Å². The first-order valence-electron chi connectivity index (χ1n) is 30.0. The minimum absolute atomic E-state index is 0.0718. The topological polar surface area (TPSA) is 353 Å². The zero-order chi connectivity index (χ0) is 65.8. The lowest BCUT2D eigenvalue weighted by atomic mass is 9.72. The molecule has 0 spiro atoms. The number of alkyl carbamates (subject to hydrolysis) is 3. The predicted molar refractivity (Wildman–Crippen MR) is 321 cm³/mol. The Kier molecular flexibility index (Phi) is 24.3. The number of likely N-dealkylation sites (N-methyl/N-ethyl adjacent to an activating group) is 1. The van der Waals surface area contributed by atoms with E-state index in [1.165, 1.54) is 43.3 Å². The van der Waals surface area contributed by atoms with Crippen LogP contribution in [0, 0.1) is 27.1 Å². The molecule has 2 saturated heterocycles. The maximum absolute atomic E-state index is 14.2. The third-order valence-electron chi connectivity index (χ3n) is 15.3. The van der Waals surface area contributed by atoms with Crippen molar-refractivity contribution in [1.29, 1.82) is 0 Å². The standard InChI is InChI=1S/C61H91N9O19/c1-58(2,3)87-53(75)63-31-44(71)51(74)64-43-28-42(66-55(77)83-32-36-14-18-38(67-80)19-15-36)45(46(72)49(43)86-52-47(73)50(61(10,11)34-84-52)68(12)56(78)88-59(4,5)6)48-41(65-54(76)82-33-37-16-20-39(21-17-37)69(13)81)23-22-40(85-48)30-62-29-35-24-26-70(27-25-35)57(79)89-60(7,8)9/h14-22,35,41-50,52,62,71-73H,23-34H2,1-13H3,(H3-,63,64,65,66,74,75,76,77)/p+1. The van der Waals surface area contributed by atoms with Crippen molar-refractivity contribution >= 4 is 47.7 Å². The number of rotatable bonds is 20. The van der Waals surface area contributed by atoms with Crippen molar-refractivity contribution in [1.82, 2.24) is 36.4 Å². The molecule has 28 heteroatoms. The van der Waals surface area contributed by atoms with Crippen molar-refractivity contribution in [3.8, 4) is 0 Å². The molecule has 0 radical (unpaired) electrons. The zero-order valence-electron chi connectivity index (χ0n) is 53.3. The summed E-state index contributed by atoms with van der Waals surface area (Å²) in [7, 11) is 2.80. The van der Waals surface area contributed by atoms with Gasteiger partial charge < -0.3 is 89.6 Å². The Morgan fingerprint density at radius 3 is 1.92 bits per heavy atom. The lowest BCUT2D eigenvalue weighted by Gasteiger charge is -2.52. The molecule has 6 rings (SSSR count). The largest absolute Gasteiger partial charge is 0.491 e. The molecule has 1 aliphatic carbocycles. The van der Waals surface area contributed by atoms with Gasteiger partial charge in [-0.25, -0.2) is 24.0 Å². The molecule has 0 aromatic heterocycles. The average molecular weight is 1260 g/mol. The number of hydrogen-bond donors (Lipinski definition) is 8. The lowest BCUT2D eigenvalue weighted by molar-refractivity contribution is -0.428. The van der Waals surface area contributed by atoms with Crippen LogP contribution in [0.1, 0.15) is 113 Å². The lowest BCUT2D eigenvalue weighted by Crippen LogP contribution is -2.70. The number of nitrogens with one attached hydrogen (secondary N) is 5. The summed E-state index contributed by atoms with van der Waals surface area (Å²) in [6.45, 7) is 19.3. The molecule has 2 aromatic rings. The highest BCUT2D eigenvalue weighted by molar-refractivity contribution is 5.82. The first-order valence-corrected chi connectivity index (χ1v) is 30.0. The second kappa shape index (κ2) is 30.5. The van der Waals surface area contributed by atoms with E-state index in [2.05, 4.69) is 31.8 Å². The minimum Gasteiger partial charge on any atom is -0.491 e. The van der Waals surface area contributed by atoms with E-state index in [0.717, 1.165) is 0 Å². The van der Waals surface area contributed by atoms with Crippen molar-refractivity contribution in [2.24, 2.45) is 22.4 Å². The number of carbonyl (C=O) groups excluding carboxylic acids is 6. The fraction of sp³-hybridized carbons (Fsp3) is 0.672. The van der Waals surface area contributed by atoms with Gasteiger partial charge in [-0.1, -0.05) is 26.0 Å². The highest BCUT2D eigenvalue weighted by atomic mass is 16.7. The van der Waals surface area contributed by atoms with Crippen LogP contribution in [0.2, 0.25) is 0 Å². The summed E-state index contributed by atoms with van der Waals surface area (Å²) in [5.74, 6) is -1.85. The molecule has 1 saturated carbocycles. The van der Waals surface area contributed by atoms with Crippen molar-refractivity contribution in [3.63, 3.8) is 0 Å². The summed E-state index contributed by atoms with van der Waals surface area (Å²) in [4.78, 5) is 107. The van der Waals surface area contributed by atoms with Gasteiger partial charge in [0, 0.05) is 59.3 Å². The highest BCUT2D eigenvalue weighted by Crippen LogP contribution is 2.40. The van der Waals surface area contributed by atoms with Crippen LogP contribution in [0.25, 0.3) is 0 Å². The summed E-state index contributed by atoms with van der Waals surface area (Å²) >= 11 is 0. The maximum Gasteiger partial charge on any atom is 0.410 e. The Balaban J connectivity index is 1.37. The van der Waals surface area contributed by atoms with E-state index in [4.69, 9.17) is 37.9 Å². The van der Waals surface area contributed by atoms with E-state index in [-0.39, 0.29) is 56.9 Å². The summed E-state index contributed by atoms with van der Waals surface area (Å²) in [6, 6.07) is 7.58. The third-order valence-corrected chi connectivity index (χ3v) is 15.3. The van der Waals surface area contributed by atoms with Gasteiger partial charge in [0.15, 0.2) is 13.3 Å². The molecule has 494 valence electrons. The molecule has 3 heterocycles. The van der Waals surface area contributed by atoms with Gasteiger partial charge in [0.05, 0.1) is 43.9 Å². The number of amides is 6. The SMILES string of the molecule is CN(C(=O)OC(C)(C)C)C1C(O)C(OC2C(NC(=O)C(O)CNC(=O)OC(C)(C)C)CC(NC(=O)OCc3ccc(N=O)cc3)C(C3OC(CNCC4CCN(C(=O)OC(C)(C)C)CC4)=CCC3NC(=O)OCc3ccc([N+](C)=O)cc3)C2O)OCC1(C)C. The van der Waals surface area contributed by atoms with Gasteiger partial charge >= 0.3 is 30.5 Å². The van der Waals surface area contributed by atoms with Gasteiger partial charge in [-0.15, -0.1) is 4.91 Å². The van der Waals surface area contributed by atoms with Gasteiger partial charge in [-0.2, -0.15) is 0 Å². The smallest absolute Gasteiger partial charge is 0.410 e. The first kappa shape index (κ1) is 70.8. The van der Waals surface area contributed by atoms with E-state index in [1.807, 2.05) is 20.8 Å². The number of nitrogens with zero attached hydrogens (tertiary/aromatic N) is 4. The van der Waals surface area contributed by atoms with Crippen LogP contribution in [0.4, 0.5) is 35.3 Å². The number of aliphatic hydroxyl groups excluding tert-OH is 3. The van der Waals surface area contributed by atoms with Crippen LogP contribution in [0.3, 0.4) is 0 Å². The van der Waals surface area contributed by atoms with E-state index >= 15 is 0 Å². The number of likely N-dealkylation sites (tertiary alicyclic amines) is 1. The van der Waals surface area contributed by atoms with Gasteiger partial charge in [-0.05, 0) is 147 Å². The monoisotopic (exact) mass is 1250 g/mol. The first-order chi connectivity index (χ1) is 41.6. The van der Waals surface area contributed by atoms with Gasteiger partial charge in [0.25, 0.3) is 11.6 Å². The Morgan fingerprint density at radius 1 is 0.787 bits per heavy atom. The molecule has 89 heavy (non-hydrogen) atoms. The number of carbonyl (C=O) groups is 6. The second-order valence-electron chi connectivity index (χ2n) is 26.7. The molecular formula is C61H92N9O19+. The second-order valence-corrected chi connectivity index (χ2v) is 26.7. The van der Waals surface area contributed by atoms with Gasteiger partial charge in [0.1, 0.15) is 65.9 Å². The Morgan fingerprint density at radius 2 is 1.36 bits per heavy atom. The Labute approximate surface area is 519 Å². The molecule has 4 aliphatic rings. The average Bonchev–Trinajstić information content (AvgIpc) is 0.956. The maximum atomic E-state index is 14.2. The van der Waals surface area contributed by atoms with Crippen LogP contribution >= 0.6 is 0 Å². The van der Waals surface area contributed by atoms with Crippen LogP contribution in [-0.2, 0) is 55.9 Å². The summed E-state index contributed by atoms with van der Waals surface area (Å²) in [6.07, 6.45) is -11.1. The van der Waals surface area contributed by atoms with Crippen molar-refractivity contribution in [3.05, 3.63) is 81.3 Å². The van der Waals surface area contributed by atoms with Crippen LogP contribution in [0.15, 0.2) is 65.5 Å². The number of ether oxygens (including phenoxy) is 8. The molecule has 11 atom stereocenters. The highest BCUT2D eigenvalue weighted by Gasteiger charge is 2.56. The number of nitroso groups, excluding NO2 is 2. The molecule has 11 unspecified atom stereocenters. The number of hydrogen-bond acceptors (Lipinski definition) is 21. The van der Waals surface area contributed by atoms with E-state index in [9.17, 15) is 53.9 Å². The van der Waals surface area contributed by atoms with Crippen LogP contribution in [-0.4, -0.2) is 197 Å². The Bertz CT molecular complexity index is 2790. The fourth-order valence-electron chi connectivity index (χ4n) is 11.1. The van der Waals surface area contributed by atoms with E-state index in [1.54, 1.807) is 90.6 Å². The van der Waals surface area contributed by atoms with E-state index in [0.29, 0.717) is 59.8 Å². The summed E-state index contributed by atoms with van der Waals surface area (Å²) in [5, 5.41) is 54.1. The molecule has 2 aromatic carbocycles. The zero-order valence-corrected chi connectivity index (χ0v) is 53.3. The molecular weight excluding hydrogens is 1160 g/mol. The fourth-order valence-corrected chi connectivity index (χ4v) is 11.1. The third kappa shape index (κ3) is 21.2. The van der Waals surface area contributed by atoms with Crippen molar-refractivity contribution in [2.75, 3.05) is 53.4 Å². The molecule has 6 amide bonds. The molecule has 3 aliphatic heterocycles. The Hall–Kier alpha value is -7.24. The molecule has 28 nitrogen and oxygen atoms in total. The predicted octanol–water partition coefficient (Wildman–Crippen LogP) is 6.04. The molecule has 8 N–H and O–H groups in total. The van der Waals surface area contributed by atoms with Crippen LogP contribution < -0.4 is 26.6 Å². The number of piperidine rings is 1. The quantitative estimate of drug-likeness (QED) is 0.0425. The molecule has 3 fully saturated rings. The van der Waals surface area contributed by atoms with Crippen molar-refractivity contribution in [2.45, 2.75) is 193 Å². The number of benzene rings is 2. The summed E-state index contributed by atoms with van der Waals surface area (Å²) in [5.41, 5.74) is -1.87.